The molecule has 0 radical (unpaired) electrons. The lowest BCUT2D eigenvalue weighted by Gasteiger charge is -2.08. The van der Waals surface area contributed by atoms with Crippen molar-refractivity contribution in [1.82, 2.24) is 15.0 Å². The second-order valence-electron chi connectivity index (χ2n) is 3.58. The first kappa shape index (κ1) is 11.4. The third-order valence-corrected chi connectivity index (χ3v) is 2.34. The van der Waals surface area contributed by atoms with E-state index >= 15 is 0 Å². The first-order valence-electron chi connectivity index (χ1n) is 5.10. The van der Waals surface area contributed by atoms with E-state index in [0.29, 0.717) is 17.6 Å². The minimum atomic E-state index is -0.684. The lowest BCUT2D eigenvalue weighted by molar-refractivity contribution is -0.142. The average Bonchev–Trinajstić information content (AvgIpc) is 2.37. The number of hydrogen-bond donors (Lipinski definition) is 1. The number of ether oxygens (including phenoxy) is 1. The number of rotatable bonds is 3. The van der Waals surface area contributed by atoms with Crippen molar-refractivity contribution in [1.29, 1.82) is 0 Å². The zero-order chi connectivity index (χ0) is 12.3. The van der Waals surface area contributed by atoms with Crippen molar-refractivity contribution >= 4 is 17.1 Å². The molecule has 2 rings (SSSR count). The summed E-state index contributed by atoms with van der Waals surface area (Å²) in [6.45, 7) is 0. The Kier molecular flexibility index (Phi) is 3.24. The summed E-state index contributed by atoms with van der Waals surface area (Å²) in [6.07, 6.45) is 5.18. The Morgan fingerprint density at radius 2 is 2.18 bits per heavy atom. The summed E-state index contributed by atoms with van der Waals surface area (Å²) in [7, 11) is 1.31. The van der Waals surface area contributed by atoms with Gasteiger partial charge in [0, 0.05) is 18.6 Å². The second-order valence-corrected chi connectivity index (χ2v) is 3.58. The van der Waals surface area contributed by atoms with Crippen molar-refractivity contribution in [2.24, 2.45) is 5.73 Å². The normalized spacial score (nSPS) is 12.4. The van der Waals surface area contributed by atoms with Gasteiger partial charge in [-0.2, -0.15) is 0 Å². The highest BCUT2D eigenvalue weighted by Gasteiger charge is 2.14. The molecule has 2 N–H and O–H groups in total. The van der Waals surface area contributed by atoms with E-state index < -0.39 is 12.0 Å². The van der Waals surface area contributed by atoms with Gasteiger partial charge in [-0.25, -0.2) is 9.97 Å². The number of fused-ring (bicyclic) bond motifs is 1. The third-order valence-electron chi connectivity index (χ3n) is 2.34. The molecule has 0 unspecified atom stereocenters. The zero-order valence-corrected chi connectivity index (χ0v) is 9.33. The number of nitrogens with two attached hydrogens (primary N) is 1. The standard InChI is InChI=1S/C11H12N4O2/c1-17-11(16)8(12)4-7-5-9-10(15-6-7)14-3-2-13-9/h2-3,5-6,8H,4,12H2,1H3/t8-/m0/s1. The Hall–Kier alpha value is -2.08. The van der Waals surface area contributed by atoms with Crippen molar-refractivity contribution in [3.8, 4) is 0 Å². The van der Waals surface area contributed by atoms with E-state index in [0.717, 1.165) is 5.56 Å². The molecule has 0 amide bonds. The predicted molar refractivity (Wildman–Crippen MR) is 61.0 cm³/mol. The van der Waals surface area contributed by atoms with Gasteiger partial charge >= 0.3 is 5.97 Å². The highest BCUT2D eigenvalue weighted by Crippen LogP contribution is 2.09. The van der Waals surface area contributed by atoms with Crippen LogP contribution in [0.3, 0.4) is 0 Å². The van der Waals surface area contributed by atoms with Crippen LogP contribution in [0.1, 0.15) is 5.56 Å². The molecule has 0 fully saturated rings. The maximum atomic E-state index is 11.2. The maximum absolute atomic E-state index is 11.2. The number of carbonyl (C=O) groups excluding carboxylic acids is 1. The zero-order valence-electron chi connectivity index (χ0n) is 9.33. The molecular weight excluding hydrogens is 220 g/mol. The summed E-state index contributed by atoms with van der Waals surface area (Å²) in [5.74, 6) is -0.441. The first-order chi connectivity index (χ1) is 8.20. The van der Waals surface area contributed by atoms with Crippen LogP contribution < -0.4 is 5.73 Å². The number of nitrogens with zero attached hydrogens (tertiary/aromatic N) is 3. The molecule has 6 heteroatoms. The average molecular weight is 232 g/mol. The van der Waals surface area contributed by atoms with Crippen molar-refractivity contribution < 1.29 is 9.53 Å². The van der Waals surface area contributed by atoms with Crippen LogP contribution in [0.25, 0.3) is 11.2 Å². The number of hydrogen-bond acceptors (Lipinski definition) is 6. The largest absolute Gasteiger partial charge is 0.468 e. The molecule has 0 aliphatic rings. The Balaban J connectivity index is 2.22. The van der Waals surface area contributed by atoms with Crippen LogP contribution in [0.15, 0.2) is 24.7 Å². The fourth-order valence-corrected chi connectivity index (χ4v) is 1.50. The van der Waals surface area contributed by atoms with Gasteiger partial charge in [0.05, 0.1) is 7.11 Å². The van der Waals surface area contributed by atoms with Crippen molar-refractivity contribution in [3.05, 3.63) is 30.2 Å². The molecule has 6 nitrogen and oxygen atoms in total. The van der Waals surface area contributed by atoms with E-state index in [-0.39, 0.29) is 0 Å². The third kappa shape index (κ3) is 2.54. The van der Waals surface area contributed by atoms with Gasteiger partial charge in [-0.05, 0) is 18.1 Å². The molecule has 0 aliphatic carbocycles. The highest BCUT2D eigenvalue weighted by molar-refractivity contribution is 5.76. The predicted octanol–water partition coefficient (Wildman–Crippen LogP) is 0.0676. The molecule has 2 aromatic heterocycles. The van der Waals surface area contributed by atoms with Crippen LogP contribution >= 0.6 is 0 Å². The van der Waals surface area contributed by atoms with Gasteiger partial charge in [-0.15, -0.1) is 0 Å². The molecule has 17 heavy (non-hydrogen) atoms. The van der Waals surface area contributed by atoms with Gasteiger partial charge < -0.3 is 10.5 Å². The summed E-state index contributed by atoms with van der Waals surface area (Å²) in [4.78, 5) is 23.5. The quantitative estimate of drug-likeness (QED) is 0.753. The van der Waals surface area contributed by atoms with E-state index in [1.165, 1.54) is 7.11 Å². The van der Waals surface area contributed by atoms with E-state index in [1.54, 1.807) is 18.6 Å². The summed E-state index contributed by atoms with van der Waals surface area (Å²) >= 11 is 0. The molecule has 0 aliphatic heterocycles. The van der Waals surface area contributed by atoms with Gasteiger partial charge in [-0.3, -0.25) is 9.78 Å². The molecule has 2 heterocycles. The fraction of sp³-hybridized carbons (Fsp3) is 0.273. The molecule has 2 aromatic rings. The SMILES string of the molecule is COC(=O)[C@@H](N)Cc1cnc2nccnc2c1. The molecule has 1 atom stereocenters. The van der Waals surface area contributed by atoms with Crippen LogP contribution in [0, 0.1) is 0 Å². The molecule has 0 spiro atoms. The topological polar surface area (TPSA) is 91.0 Å². The van der Waals surface area contributed by atoms with Crippen LogP contribution in [-0.2, 0) is 16.0 Å². The molecule has 0 bridgehead atoms. The summed E-state index contributed by atoms with van der Waals surface area (Å²) < 4.78 is 4.56. The van der Waals surface area contributed by atoms with E-state index in [1.807, 2.05) is 6.07 Å². The van der Waals surface area contributed by atoms with E-state index in [2.05, 4.69) is 19.7 Å². The lowest BCUT2D eigenvalue weighted by atomic mass is 10.1. The van der Waals surface area contributed by atoms with Crippen LogP contribution in [-0.4, -0.2) is 34.1 Å². The minimum Gasteiger partial charge on any atom is -0.468 e. The van der Waals surface area contributed by atoms with Gasteiger partial charge in [0.2, 0.25) is 0 Å². The van der Waals surface area contributed by atoms with Gasteiger partial charge in [0.25, 0.3) is 0 Å². The minimum absolute atomic E-state index is 0.367. The van der Waals surface area contributed by atoms with E-state index in [4.69, 9.17) is 5.73 Å². The summed E-state index contributed by atoms with van der Waals surface area (Å²) in [5.41, 5.74) is 7.75. The Labute approximate surface area is 97.8 Å². The van der Waals surface area contributed by atoms with Crippen LogP contribution in [0.4, 0.5) is 0 Å². The van der Waals surface area contributed by atoms with Crippen molar-refractivity contribution in [2.45, 2.75) is 12.5 Å². The number of esters is 1. The molecule has 88 valence electrons. The summed E-state index contributed by atoms with van der Waals surface area (Å²) in [5, 5.41) is 0. The van der Waals surface area contributed by atoms with E-state index in [9.17, 15) is 4.79 Å². The van der Waals surface area contributed by atoms with Gasteiger partial charge in [0.1, 0.15) is 11.6 Å². The maximum Gasteiger partial charge on any atom is 0.322 e. The van der Waals surface area contributed by atoms with Gasteiger partial charge in [0.15, 0.2) is 5.65 Å². The highest BCUT2D eigenvalue weighted by atomic mass is 16.5. The number of methoxy groups -OCH3 is 1. The Morgan fingerprint density at radius 1 is 1.41 bits per heavy atom. The second kappa shape index (κ2) is 4.84. The van der Waals surface area contributed by atoms with Crippen molar-refractivity contribution in [2.75, 3.05) is 7.11 Å². The molecule has 0 aromatic carbocycles. The molecule has 0 saturated heterocycles. The fourth-order valence-electron chi connectivity index (χ4n) is 1.50. The lowest BCUT2D eigenvalue weighted by Crippen LogP contribution is -2.33. The summed E-state index contributed by atoms with van der Waals surface area (Å²) in [6, 6.07) is 1.13. The monoisotopic (exact) mass is 232 g/mol. The number of carbonyl (C=O) groups is 1. The Bertz CT molecular complexity index is 544. The number of aromatic nitrogens is 3. The first-order valence-corrected chi connectivity index (χ1v) is 5.10. The van der Waals surface area contributed by atoms with Crippen LogP contribution in [0.2, 0.25) is 0 Å². The van der Waals surface area contributed by atoms with Crippen molar-refractivity contribution in [3.63, 3.8) is 0 Å². The van der Waals surface area contributed by atoms with Gasteiger partial charge in [-0.1, -0.05) is 0 Å². The number of pyridine rings is 1. The Morgan fingerprint density at radius 3 is 2.94 bits per heavy atom. The smallest absolute Gasteiger partial charge is 0.322 e. The molecule has 0 saturated carbocycles. The van der Waals surface area contributed by atoms with Crippen LogP contribution in [0.5, 0.6) is 0 Å². The molecular formula is C11H12N4O2.